The molecule has 2 heterocycles. The fraction of sp³-hybridized carbons (Fsp3) is 0.529. The highest BCUT2D eigenvalue weighted by atomic mass is 32.2. The van der Waals surface area contributed by atoms with Gasteiger partial charge in [0.15, 0.2) is 0 Å². The van der Waals surface area contributed by atoms with E-state index in [1.54, 1.807) is 23.3 Å². The van der Waals surface area contributed by atoms with Crippen LogP contribution < -0.4 is 0 Å². The first-order valence-electron chi connectivity index (χ1n) is 8.08. The van der Waals surface area contributed by atoms with E-state index in [0.717, 1.165) is 33.9 Å². The van der Waals surface area contributed by atoms with E-state index in [2.05, 4.69) is 16.0 Å². The number of hydrogen-bond acceptors (Lipinski definition) is 6. The molecule has 5 nitrogen and oxygen atoms in total. The number of thioether (sulfide) groups is 1. The Morgan fingerprint density at radius 2 is 2.25 bits per heavy atom. The van der Waals surface area contributed by atoms with Gasteiger partial charge in [-0.05, 0) is 38.7 Å². The third-order valence-corrected chi connectivity index (χ3v) is 6.47. The Morgan fingerprint density at radius 1 is 1.46 bits per heavy atom. The van der Waals surface area contributed by atoms with E-state index in [0.29, 0.717) is 13.0 Å². The number of carbonyl (C=O) groups is 1. The lowest BCUT2D eigenvalue weighted by Crippen LogP contribution is -2.33. The minimum absolute atomic E-state index is 0.0338. The Balaban J connectivity index is 1.87. The van der Waals surface area contributed by atoms with E-state index in [4.69, 9.17) is 5.26 Å². The third-order valence-electron chi connectivity index (χ3n) is 4.21. The predicted octanol–water partition coefficient (Wildman–Crippen LogP) is 3.34. The number of amides is 1. The Hall–Kier alpha value is -1.65. The molecule has 2 aromatic rings. The number of hydrogen-bond donors (Lipinski definition) is 0. The third kappa shape index (κ3) is 3.26. The molecule has 126 valence electrons. The van der Waals surface area contributed by atoms with Crippen LogP contribution in [0.5, 0.6) is 0 Å². The van der Waals surface area contributed by atoms with E-state index in [-0.39, 0.29) is 11.2 Å². The van der Waals surface area contributed by atoms with Gasteiger partial charge in [0.05, 0.1) is 17.7 Å². The highest BCUT2D eigenvalue weighted by molar-refractivity contribution is 8.00. The number of aromatic nitrogens is 2. The van der Waals surface area contributed by atoms with Crippen LogP contribution in [0.3, 0.4) is 0 Å². The van der Waals surface area contributed by atoms with Crippen molar-refractivity contribution in [2.75, 3.05) is 13.6 Å². The maximum atomic E-state index is 12.5. The van der Waals surface area contributed by atoms with E-state index in [9.17, 15) is 4.79 Å². The molecule has 0 unspecified atom stereocenters. The predicted molar refractivity (Wildman–Crippen MR) is 97.4 cm³/mol. The minimum Gasteiger partial charge on any atom is -0.344 e. The van der Waals surface area contributed by atoms with Crippen molar-refractivity contribution < 1.29 is 4.79 Å². The van der Waals surface area contributed by atoms with Gasteiger partial charge in [0.2, 0.25) is 5.91 Å². The molecule has 2 aromatic heterocycles. The standard InChI is InChI=1S/C17H20N4OS2/c1-10(17(22)21(3)9-5-8-18)23-15-14-12-6-4-7-13(12)24-16(14)20-11(2)19-15/h10H,4-7,9H2,1-3H3/t10-/m0/s1. The lowest BCUT2D eigenvalue weighted by Gasteiger charge is -2.20. The Bertz CT molecular complexity index is 824. The number of aryl methyl sites for hydroxylation is 3. The number of nitrogens with zero attached hydrogens (tertiary/aromatic N) is 4. The molecular formula is C17H20N4OS2. The molecule has 1 aliphatic carbocycles. The summed E-state index contributed by atoms with van der Waals surface area (Å²) in [7, 11) is 1.75. The van der Waals surface area contributed by atoms with Crippen molar-refractivity contribution >= 4 is 39.2 Å². The summed E-state index contributed by atoms with van der Waals surface area (Å²) in [6, 6.07) is 2.08. The van der Waals surface area contributed by atoms with Crippen LogP contribution >= 0.6 is 23.1 Å². The van der Waals surface area contributed by atoms with Crippen LogP contribution in [-0.2, 0) is 17.6 Å². The number of carbonyl (C=O) groups excluding carboxylic acids is 1. The van der Waals surface area contributed by atoms with E-state index in [1.807, 2.05) is 13.8 Å². The van der Waals surface area contributed by atoms with Crippen LogP contribution in [0, 0.1) is 18.3 Å². The summed E-state index contributed by atoms with van der Waals surface area (Å²) in [4.78, 5) is 25.8. The molecule has 0 radical (unpaired) electrons. The summed E-state index contributed by atoms with van der Waals surface area (Å²) < 4.78 is 0. The summed E-state index contributed by atoms with van der Waals surface area (Å²) in [6.45, 7) is 4.28. The number of fused-ring (bicyclic) bond motifs is 3. The molecule has 0 fully saturated rings. The molecule has 7 heteroatoms. The van der Waals surface area contributed by atoms with Gasteiger partial charge in [-0.25, -0.2) is 9.97 Å². The highest BCUT2D eigenvalue weighted by Crippen LogP contribution is 2.41. The van der Waals surface area contributed by atoms with Crippen molar-refractivity contribution in [2.24, 2.45) is 0 Å². The van der Waals surface area contributed by atoms with Crippen molar-refractivity contribution in [2.45, 2.75) is 49.8 Å². The van der Waals surface area contributed by atoms with Crippen molar-refractivity contribution in [3.8, 4) is 6.07 Å². The number of nitriles is 1. The monoisotopic (exact) mass is 360 g/mol. The molecular weight excluding hydrogens is 340 g/mol. The first-order chi connectivity index (χ1) is 11.5. The SMILES string of the molecule is Cc1nc(S[C@@H](C)C(=O)N(C)CCC#N)c2c3c(sc2n1)CCC3. The Kier molecular flexibility index (Phi) is 5.07. The zero-order valence-electron chi connectivity index (χ0n) is 14.1. The lowest BCUT2D eigenvalue weighted by atomic mass is 10.2. The molecule has 0 saturated carbocycles. The van der Waals surface area contributed by atoms with E-state index < -0.39 is 0 Å². The van der Waals surface area contributed by atoms with Crippen molar-refractivity contribution in [1.29, 1.82) is 5.26 Å². The molecule has 1 aliphatic rings. The second kappa shape index (κ2) is 7.08. The van der Waals surface area contributed by atoms with Crippen LogP contribution in [0.2, 0.25) is 0 Å². The second-order valence-electron chi connectivity index (χ2n) is 6.04. The molecule has 0 aromatic carbocycles. The maximum absolute atomic E-state index is 12.5. The fourth-order valence-electron chi connectivity index (χ4n) is 3.01. The van der Waals surface area contributed by atoms with Crippen molar-refractivity contribution in [1.82, 2.24) is 14.9 Å². The molecule has 1 amide bonds. The molecule has 0 aliphatic heterocycles. The summed E-state index contributed by atoms with van der Waals surface area (Å²) in [5.41, 5.74) is 1.38. The van der Waals surface area contributed by atoms with Crippen molar-refractivity contribution in [3.63, 3.8) is 0 Å². The Labute approximate surface area is 150 Å². The summed E-state index contributed by atoms with van der Waals surface area (Å²) >= 11 is 3.28. The van der Waals surface area contributed by atoms with Gasteiger partial charge in [-0.1, -0.05) is 11.8 Å². The second-order valence-corrected chi connectivity index (χ2v) is 8.45. The van der Waals surface area contributed by atoms with Crippen molar-refractivity contribution in [3.05, 3.63) is 16.3 Å². The van der Waals surface area contributed by atoms with Gasteiger partial charge in [0.1, 0.15) is 15.7 Å². The van der Waals surface area contributed by atoms with Crippen LogP contribution in [0.4, 0.5) is 0 Å². The summed E-state index contributed by atoms with van der Waals surface area (Å²) in [5.74, 6) is 0.786. The normalized spacial score (nSPS) is 14.4. The molecule has 0 spiro atoms. The topological polar surface area (TPSA) is 69.9 Å². The van der Waals surface area contributed by atoms with Crippen LogP contribution in [0.15, 0.2) is 5.03 Å². The smallest absolute Gasteiger partial charge is 0.235 e. The van der Waals surface area contributed by atoms with Gasteiger partial charge in [-0.3, -0.25) is 4.79 Å². The molecule has 0 bridgehead atoms. The fourth-order valence-corrected chi connectivity index (χ4v) is 5.51. The highest BCUT2D eigenvalue weighted by Gasteiger charge is 2.25. The van der Waals surface area contributed by atoms with Crippen LogP contribution in [0.1, 0.15) is 36.0 Å². The number of thiophene rings is 1. The largest absolute Gasteiger partial charge is 0.344 e. The molecule has 0 saturated heterocycles. The minimum atomic E-state index is -0.233. The Morgan fingerprint density at radius 3 is 3.00 bits per heavy atom. The van der Waals surface area contributed by atoms with E-state index >= 15 is 0 Å². The van der Waals surface area contributed by atoms with Gasteiger partial charge in [-0.2, -0.15) is 5.26 Å². The number of rotatable bonds is 5. The van der Waals surface area contributed by atoms with Gasteiger partial charge in [0, 0.05) is 23.9 Å². The molecule has 24 heavy (non-hydrogen) atoms. The maximum Gasteiger partial charge on any atom is 0.235 e. The van der Waals surface area contributed by atoms with Crippen LogP contribution in [-0.4, -0.2) is 39.6 Å². The zero-order chi connectivity index (χ0) is 17.3. The average molecular weight is 361 g/mol. The van der Waals surface area contributed by atoms with Gasteiger partial charge in [-0.15, -0.1) is 11.3 Å². The zero-order valence-corrected chi connectivity index (χ0v) is 15.8. The first-order valence-corrected chi connectivity index (χ1v) is 9.78. The summed E-state index contributed by atoms with van der Waals surface area (Å²) in [6.07, 6.45) is 3.76. The van der Waals surface area contributed by atoms with Gasteiger partial charge < -0.3 is 4.90 Å². The van der Waals surface area contributed by atoms with Gasteiger partial charge >= 0.3 is 0 Å². The van der Waals surface area contributed by atoms with E-state index in [1.165, 1.54) is 28.6 Å². The molecule has 1 atom stereocenters. The molecule has 0 N–H and O–H groups in total. The molecule has 3 rings (SSSR count). The lowest BCUT2D eigenvalue weighted by molar-refractivity contribution is -0.128. The van der Waals surface area contributed by atoms with Crippen LogP contribution in [0.25, 0.3) is 10.2 Å². The summed E-state index contributed by atoms with van der Waals surface area (Å²) in [5, 5.41) is 10.5. The average Bonchev–Trinajstić information content (AvgIpc) is 3.11. The quantitative estimate of drug-likeness (QED) is 0.604. The first kappa shape index (κ1) is 17.2. The van der Waals surface area contributed by atoms with Gasteiger partial charge in [0.25, 0.3) is 0 Å².